The molecule has 0 aromatic heterocycles. The number of rotatable bonds is 6. The zero-order chi connectivity index (χ0) is 24.9. The van der Waals surface area contributed by atoms with E-state index in [1.807, 2.05) is 31.2 Å². The fourth-order valence-corrected chi connectivity index (χ4v) is 6.55. The van der Waals surface area contributed by atoms with Crippen molar-refractivity contribution in [3.63, 3.8) is 0 Å². The molecule has 7 nitrogen and oxygen atoms in total. The van der Waals surface area contributed by atoms with Gasteiger partial charge in [-0.3, -0.25) is 0 Å². The van der Waals surface area contributed by atoms with Crippen molar-refractivity contribution in [1.29, 1.82) is 0 Å². The maximum absolute atomic E-state index is 13.0. The van der Waals surface area contributed by atoms with Crippen LogP contribution < -0.4 is 20.1 Å². The second-order valence-electron chi connectivity index (χ2n) is 9.98. The monoisotopic (exact) mass is 510 g/mol. The van der Waals surface area contributed by atoms with Crippen LogP contribution in [-0.2, 0) is 28.4 Å². The van der Waals surface area contributed by atoms with Crippen molar-refractivity contribution in [2.45, 2.75) is 42.9 Å². The van der Waals surface area contributed by atoms with Gasteiger partial charge in [0.05, 0.1) is 16.7 Å². The Morgan fingerprint density at radius 1 is 0.972 bits per heavy atom. The fourth-order valence-electron chi connectivity index (χ4n) is 5.21. The SMILES string of the molecule is CC(NC(=O)Nc1ccc(S(=O)(=O)Cc2ccc3c(c2)CC2CC2C3)cc1)c1ccc2c(c1)OCO2.[HH].[HH].[HH]. The van der Waals surface area contributed by atoms with Crippen LogP contribution >= 0.6 is 0 Å². The summed E-state index contributed by atoms with van der Waals surface area (Å²) in [6, 6.07) is 17.3. The summed E-state index contributed by atoms with van der Waals surface area (Å²) in [6.45, 7) is 2.07. The van der Waals surface area contributed by atoms with E-state index in [-0.39, 0.29) is 33.8 Å². The highest BCUT2D eigenvalue weighted by atomic mass is 32.2. The van der Waals surface area contributed by atoms with Crippen LogP contribution in [0.4, 0.5) is 10.5 Å². The Labute approximate surface area is 215 Å². The summed E-state index contributed by atoms with van der Waals surface area (Å²) in [5.41, 5.74) is 4.90. The van der Waals surface area contributed by atoms with Gasteiger partial charge >= 0.3 is 6.03 Å². The Hall–Kier alpha value is -3.52. The van der Waals surface area contributed by atoms with E-state index < -0.39 is 9.84 Å². The molecule has 2 amide bonds. The molecular weight excluding hydrogens is 476 g/mol. The van der Waals surface area contributed by atoms with Gasteiger partial charge in [0.15, 0.2) is 21.3 Å². The zero-order valence-electron chi connectivity index (χ0n) is 20.0. The summed E-state index contributed by atoms with van der Waals surface area (Å²) < 4.78 is 36.8. The summed E-state index contributed by atoms with van der Waals surface area (Å²) in [4.78, 5) is 12.7. The number of nitrogens with one attached hydrogen (secondary N) is 2. The van der Waals surface area contributed by atoms with Gasteiger partial charge in [-0.05, 0) is 96.7 Å². The molecule has 36 heavy (non-hydrogen) atoms. The van der Waals surface area contributed by atoms with Crippen LogP contribution in [0.5, 0.6) is 11.5 Å². The van der Waals surface area contributed by atoms with Gasteiger partial charge in [0.2, 0.25) is 6.79 Å². The molecule has 2 aliphatic carbocycles. The van der Waals surface area contributed by atoms with Crippen molar-refractivity contribution in [2.24, 2.45) is 11.8 Å². The average Bonchev–Trinajstić information content (AvgIpc) is 3.44. The highest BCUT2D eigenvalue weighted by Crippen LogP contribution is 2.48. The number of hydrogen-bond acceptors (Lipinski definition) is 5. The van der Waals surface area contributed by atoms with Crippen LogP contribution in [0.1, 0.15) is 45.9 Å². The molecule has 3 aliphatic rings. The van der Waals surface area contributed by atoms with Gasteiger partial charge in [0, 0.05) is 9.97 Å². The molecule has 3 aromatic carbocycles. The lowest BCUT2D eigenvalue weighted by Gasteiger charge is -2.16. The molecule has 6 rings (SSSR count). The Morgan fingerprint density at radius 3 is 2.53 bits per heavy atom. The first-order valence-electron chi connectivity index (χ1n) is 12.2. The number of ether oxygens (including phenoxy) is 2. The number of sulfone groups is 1. The standard InChI is InChI=1S/C28H28N2O5S.3H2/c1-17(19-4-9-26-27(14-19)35-16-34-26)29-28(31)30-24-5-7-25(8-6-24)36(32,33)15-18-2-3-20-11-22-13-23(22)12-21(20)10-18;;;/h2-10,14,17,22-23H,11-13,15-16H2,1H3,(H2,29,30,31);3*1H. The van der Waals surface area contributed by atoms with E-state index in [2.05, 4.69) is 22.8 Å². The van der Waals surface area contributed by atoms with E-state index in [1.165, 1.54) is 17.5 Å². The minimum Gasteiger partial charge on any atom is -0.454 e. The molecule has 1 fully saturated rings. The van der Waals surface area contributed by atoms with Gasteiger partial charge in [-0.1, -0.05) is 24.3 Å². The normalized spacial score (nSPS) is 20.1. The van der Waals surface area contributed by atoms with E-state index >= 15 is 0 Å². The van der Waals surface area contributed by atoms with Crippen molar-refractivity contribution in [3.05, 3.63) is 82.9 Å². The lowest BCUT2D eigenvalue weighted by Crippen LogP contribution is -2.31. The third-order valence-electron chi connectivity index (χ3n) is 7.38. The molecule has 1 heterocycles. The van der Waals surface area contributed by atoms with Gasteiger partial charge in [-0.2, -0.15) is 0 Å². The first-order chi connectivity index (χ1) is 17.3. The molecule has 3 aromatic rings. The van der Waals surface area contributed by atoms with E-state index in [1.54, 1.807) is 24.3 Å². The topological polar surface area (TPSA) is 93.7 Å². The van der Waals surface area contributed by atoms with Crippen molar-refractivity contribution in [1.82, 2.24) is 5.32 Å². The van der Waals surface area contributed by atoms with Crippen LogP contribution in [0.25, 0.3) is 0 Å². The molecule has 3 atom stereocenters. The van der Waals surface area contributed by atoms with E-state index in [0.29, 0.717) is 17.2 Å². The van der Waals surface area contributed by atoms with Crippen molar-refractivity contribution >= 4 is 21.6 Å². The molecule has 0 saturated heterocycles. The lowest BCUT2D eigenvalue weighted by molar-refractivity contribution is 0.174. The summed E-state index contributed by atoms with van der Waals surface area (Å²) in [7, 11) is -3.50. The molecule has 2 N–H and O–H groups in total. The molecule has 8 heteroatoms. The molecule has 0 bridgehead atoms. The highest BCUT2D eigenvalue weighted by molar-refractivity contribution is 7.90. The second kappa shape index (κ2) is 8.85. The molecule has 1 saturated carbocycles. The highest BCUT2D eigenvalue weighted by Gasteiger charge is 2.40. The minimum absolute atomic E-state index is 0. The maximum Gasteiger partial charge on any atom is 0.319 e. The predicted molar refractivity (Wildman–Crippen MR) is 142 cm³/mol. The lowest BCUT2D eigenvalue weighted by atomic mass is 9.91. The van der Waals surface area contributed by atoms with Crippen LogP contribution in [0.3, 0.4) is 0 Å². The Kier molecular flexibility index (Phi) is 5.63. The van der Waals surface area contributed by atoms with Gasteiger partial charge < -0.3 is 20.1 Å². The predicted octanol–water partition coefficient (Wildman–Crippen LogP) is 5.74. The summed E-state index contributed by atoms with van der Waals surface area (Å²) in [5, 5.41) is 5.64. The molecular formula is C28H34N2O5S. The molecule has 1 aliphatic heterocycles. The summed E-state index contributed by atoms with van der Waals surface area (Å²) in [5.74, 6) is 2.95. The minimum atomic E-state index is -3.50. The number of carbonyl (C=O) groups excluding carboxylic acids is 1. The van der Waals surface area contributed by atoms with Crippen LogP contribution in [0.2, 0.25) is 0 Å². The fraction of sp³-hybridized carbons (Fsp3) is 0.321. The Balaban J connectivity index is 0.00000140. The number of amides is 2. The van der Waals surface area contributed by atoms with E-state index in [4.69, 9.17) is 9.47 Å². The van der Waals surface area contributed by atoms with Crippen LogP contribution in [-0.4, -0.2) is 21.2 Å². The van der Waals surface area contributed by atoms with Gasteiger partial charge in [-0.15, -0.1) is 0 Å². The van der Waals surface area contributed by atoms with Crippen molar-refractivity contribution in [2.75, 3.05) is 12.1 Å². The molecule has 3 unspecified atom stereocenters. The Bertz CT molecular complexity index is 1450. The van der Waals surface area contributed by atoms with Crippen molar-refractivity contribution in [3.8, 4) is 11.5 Å². The van der Waals surface area contributed by atoms with Crippen molar-refractivity contribution < 1.29 is 27.0 Å². The number of urea groups is 1. The number of hydrogen-bond donors (Lipinski definition) is 2. The molecule has 0 spiro atoms. The first-order valence-corrected chi connectivity index (χ1v) is 13.9. The van der Waals surface area contributed by atoms with E-state index in [0.717, 1.165) is 35.8 Å². The Morgan fingerprint density at radius 2 is 1.72 bits per heavy atom. The molecule has 0 radical (unpaired) electrons. The smallest absolute Gasteiger partial charge is 0.319 e. The zero-order valence-corrected chi connectivity index (χ0v) is 20.8. The number of fused-ring (bicyclic) bond motifs is 3. The first kappa shape index (κ1) is 22.9. The average molecular weight is 511 g/mol. The van der Waals surface area contributed by atoms with Gasteiger partial charge in [0.25, 0.3) is 0 Å². The largest absolute Gasteiger partial charge is 0.454 e. The molecule has 192 valence electrons. The number of anilines is 1. The van der Waals surface area contributed by atoms with Crippen LogP contribution in [0, 0.1) is 11.8 Å². The summed E-state index contributed by atoms with van der Waals surface area (Å²) in [6.07, 6.45) is 3.51. The van der Waals surface area contributed by atoms with Gasteiger partial charge in [-0.25, -0.2) is 13.2 Å². The number of carbonyl (C=O) groups is 1. The van der Waals surface area contributed by atoms with Gasteiger partial charge in [0.1, 0.15) is 0 Å². The third-order valence-corrected chi connectivity index (χ3v) is 9.08. The second-order valence-corrected chi connectivity index (χ2v) is 12.0. The number of benzene rings is 3. The maximum atomic E-state index is 13.0. The third kappa shape index (κ3) is 4.65. The summed E-state index contributed by atoms with van der Waals surface area (Å²) >= 11 is 0. The quantitative estimate of drug-likeness (QED) is 0.441. The van der Waals surface area contributed by atoms with E-state index in [9.17, 15) is 13.2 Å². The van der Waals surface area contributed by atoms with Crippen LogP contribution in [0.15, 0.2) is 65.6 Å².